The number of hydrogen-bond acceptors (Lipinski definition) is 3. The van der Waals surface area contributed by atoms with E-state index in [0.717, 1.165) is 16.7 Å². The van der Waals surface area contributed by atoms with Gasteiger partial charge in [0, 0.05) is 11.1 Å². The molecule has 6 heteroatoms. The van der Waals surface area contributed by atoms with Gasteiger partial charge >= 0.3 is 17.7 Å². The second kappa shape index (κ2) is 6.32. The maximum Gasteiger partial charge on any atom is 0.443 e. The number of halogens is 3. The number of ether oxygens (including phenoxy) is 2. The van der Waals surface area contributed by atoms with Crippen molar-refractivity contribution in [3.05, 3.63) is 40.0 Å². The van der Waals surface area contributed by atoms with Gasteiger partial charge in [0.1, 0.15) is 5.76 Å². The van der Waals surface area contributed by atoms with Crippen molar-refractivity contribution in [1.82, 2.24) is 0 Å². The van der Waals surface area contributed by atoms with E-state index in [9.17, 15) is 18.0 Å². The summed E-state index contributed by atoms with van der Waals surface area (Å²) in [7, 11) is 0. The molecule has 144 valence electrons. The predicted octanol–water partition coefficient (Wildman–Crippen LogP) is 5.26. The summed E-state index contributed by atoms with van der Waals surface area (Å²) in [6.07, 6.45) is -4.92. The number of rotatable bonds is 3. The summed E-state index contributed by atoms with van der Waals surface area (Å²) in [4.78, 5) is 12.4. The maximum atomic E-state index is 14.0. The Hall–Kier alpha value is -1.98. The molecule has 0 saturated heterocycles. The van der Waals surface area contributed by atoms with Crippen LogP contribution in [0.25, 0.3) is 5.76 Å². The molecule has 3 nitrogen and oxygen atoms in total. The minimum atomic E-state index is -4.92. The summed E-state index contributed by atoms with van der Waals surface area (Å²) in [6.45, 7) is 11.8. The monoisotopic (exact) mass is 370 g/mol. The normalized spacial score (nSPS) is 20.5. The van der Waals surface area contributed by atoms with Gasteiger partial charge in [0.05, 0.1) is 6.61 Å². The first-order valence-electron chi connectivity index (χ1n) is 8.53. The van der Waals surface area contributed by atoms with E-state index < -0.39 is 23.2 Å². The second-order valence-electron chi connectivity index (χ2n) is 7.73. The fraction of sp³-hybridized carbons (Fsp3) is 0.550. The minimum Gasteiger partial charge on any atom is -0.463 e. The number of aryl methyl sites for hydroxylation is 3. The van der Waals surface area contributed by atoms with E-state index in [0.29, 0.717) is 5.56 Å². The summed E-state index contributed by atoms with van der Waals surface area (Å²) in [5.74, 6) is -1.29. The van der Waals surface area contributed by atoms with Crippen molar-refractivity contribution in [3.8, 4) is 0 Å². The Balaban J connectivity index is 2.81. The van der Waals surface area contributed by atoms with E-state index in [2.05, 4.69) is 0 Å². The summed E-state index contributed by atoms with van der Waals surface area (Å²) in [5.41, 5.74) is -0.873. The second-order valence-corrected chi connectivity index (χ2v) is 7.73. The van der Waals surface area contributed by atoms with Gasteiger partial charge in [-0.15, -0.1) is 0 Å². The third-order valence-electron chi connectivity index (χ3n) is 4.45. The first-order valence-corrected chi connectivity index (χ1v) is 8.53. The van der Waals surface area contributed by atoms with Crippen molar-refractivity contribution in [2.24, 2.45) is 5.41 Å². The van der Waals surface area contributed by atoms with Crippen LogP contribution in [0.2, 0.25) is 0 Å². The topological polar surface area (TPSA) is 35.5 Å². The van der Waals surface area contributed by atoms with Crippen molar-refractivity contribution in [2.45, 2.75) is 60.2 Å². The van der Waals surface area contributed by atoms with Crippen LogP contribution in [0.5, 0.6) is 0 Å². The van der Waals surface area contributed by atoms with E-state index >= 15 is 0 Å². The SMILES string of the molecule is CCOC(=O)[C@]1(C(F)(F)F)OC(c2c(C)cc(C)cc2C)=C1C(C)(C)C. The Bertz CT molecular complexity index is 746. The first-order chi connectivity index (χ1) is 11.8. The molecule has 0 radical (unpaired) electrons. The maximum absolute atomic E-state index is 14.0. The first kappa shape index (κ1) is 20.3. The van der Waals surface area contributed by atoms with Crippen LogP contribution in [0.4, 0.5) is 13.2 Å². The van der Waals surface area contributed by atoms with Gasteiger partial charge in [0.2, 0.25) is 0 Å². The fourth-order valence-electron chi connectivity index (χ4n) is 3.64. The highest BCUT2D eigenvalue weighted by molar-refractivity contribution is 5.94. The van der Waals surface area contributed by atoms with E-state index in [4.69, 9.17) is 9.47 Å². The van der Waals surface area contributed by atoms with Crippen LogP contribution in [-0.4, -0.2) is 24.4 Å². The van der Waals surface area contributed by atoms with Crippen molar-refractivity contribution >= 4 is 11.7 Å². The Morgan fingerprint density at radius 3 is 2.00 bits per heavy atom. The van der Waals surface area contributed by atoms with Crippen molar-refractivity contribution in [3.63, 3.8) is 0 Å². The molecule has 0 unspecified atom stereocenters. The van der Waals surface area contributed by atoms with E-state index in [1.165, 1.54) is 6.92 Å². The lowest BCUT2D eigenvalue weighted by Crippen LogP contribution is -2.63. The standard InChI is InChI=1S/C20H25F3O3/c1-8-25-17(24)19(20(21,22)23)16(18(5,6)7)15(26-19)14-12(3)9-11(2)10-13(14)4/h9-10H,8H2,1-7H3/t19-/m1/s1. The Morgan fingerprint density at radius 2 is 1.62 bits per heavy atom. The summed E-state index contributed by atoms with van der Waals surface area (Å²) >= 11 is 0. The van der Waals surface area contributed by atoms with Crippen LogP contribution in [0.1, 0.15) is 49.9 Å². The van der Waals surface area contributed by atoms with Gasteiger partial charge in [-0.3, -0.25) is 0 Å². The van der Waals surface area contributed by atoms with Gasteiger partial charge in [-0.25, -0.2) is 4.79 Å². The van der Waals surface area contributed by atoms with Gasteiger partial charge in [0.25, 0.3) is 0 Å². The van der Waals surface area contributed by atoms with Crippen LogP contribution in [0.15, 0.2) is 17.7 Å². The summed E-state index contributed by atoms with van der Waals surface area (Å²) < 4.78 is 52.1. The number of benzene rings is 1. The Kier molecular flexibility index (Phi) is 4.94. The van der Waals surface area contributed by atoms with E-state index in [-0.39, 0.29) is 17.9 Å². The largest absolute Gasteiger partial charge is 0.463 e. The average Bonchev–Trinajstić information content (AvgIpc) is 2.37. The zero-order valence-corrected chi connectivity index (χ0v) is 16.2. The number of carbonyl (C=O) groups excluding carboxylic acids is 1. The molecule has 0 saturated carbocycles. The highest BCUT2D eigenvalue weighted by Gasteiger charge is 2.74. The van der Waals surface area contributed by atoms with Crippen LogP contribution in [-0.2, 0) is 14.3 Å². The lowest BCUT2D eigenvalue weighted by Gasteiger charge is -2.49. The predicted molar refractivity (Wildman–Crippen MR) is 93.5 cm³/mol. The molecule has 0 aliphatic carbocycles. The van der Waals surface area contributed by atoms with Crippen LogP contribution < -0.4 is 0 Å². The van der Waals surface area contributed by atoms with Gasteiger partial charge in [-0.2, -0.15) is 13.2 Å². The van der Waals surface area contributed by atoms with E-state index in [1.807, 2.05) is 32.9 Å². The van der Waals surface area contributed by atoms with Crippen LogP contribution in [0.3, 0.4) is 0 Å². The molecule has 1 aromatic carbocycles. The average molecular weight is 370 g/mol. The van der Waals surface area contributed by atoms with Gasteiger partial charge in [-0.05, 0) is 44.2 Å². The zero-order chi connectivity index (χ0) is 20.1. The minimum absolute atomic E-state index is 0.0917. The van der Waals surface area contributed by atoms with Crippen LogP contribution in [0, 0.1) is 26.2 Å². The van der Waals surface area contributed by atoms with E-state index in [1.54, 1.807) is 20.8 Å². The molecule has 0 spiro atoms. The molecule has 1 aromatic rings. The third kappa shape index (κ3) is 2.99. The molecular formula is C20H25F3O3. The molecule has 1 atom stereocenters. The highest BCUT2D eigenvalue weighted by Crippen LogP contribution is 2.59. The molecule has 0 aromatic heterocycles. The highest BCUT2D eigenvalue weighted by atomic mass is 19.4. The molecular weight excluding hydrogens is 345 g/mol. The lowest BCUT2D eigenvalue weighted by molar-refractivity contribution is -0.263. The van der Waals surface area contributed by atoms with Gasteiger partial charge in [0.15, 0.2) is 0 Å². The van der Waals surface area contributed by atoms with Crippen molar-refractivity contribution < 1.29 is 27.4 Å². The molecule has 2 rings (SSSR count). The number of esters is 1. The summed E-state index contributed by atoms with van der Waals surface area (Å²) in [5, 5.41) is 0. The molecule has 0 N–H and O–H groups in total. The lowest BCUT2D eigenvalue weighted by atomic mass is 9.69. The molecule has 1 aliphatic heterocycles. The molecule has 0 bridgehead atoms. The summed E-state index contributed by atoms with van der Waals surface area (Å²) in [6, 6.07) is 3.77. The number of hydrogen-bond donors (Lipinski definition) is 0. The number of alkyl halides is 3. The Labute approximate surface area is 152 Å². The molecule has 1 aliphatic rings. The number of carbonyl (C=O) groups is 1. The van der Waals surface area contributed by atoms with Crippen molar-refractivity contribution in [1.29, 1.82) is 0 Å². The molecule has 26 heavy (non-hydrogen) atoms. The zero-order valence-electron chi connectivity index (χ0n) is 16.2. The molecule has 0 fully saturated rings. The molecule has 1 heterocycles. The third-order valence-corrected chi connectivity index (χ3v) is 4.45. The Morgan fingerprint density at radius 1 is 1.12 bits per heavy atom. The smallest absolute Gasteiger partial charge is 0.443 e. The molecule has 0 amide bonds. The van der Waals surface area contributed by atoms with Gasteiger partial charge < -0.3 is 9.47 Å². The van der Waals surface area contributed by atoms with Gasteiger partial charge in [-0.1, -0.05) is 38.5 Å². The quantitative estimate of drug-likeness (QED) is 0.681. The van der Waals surface area contributed by atoms with Crippen molar-refractivity contribution in [2.75, 3.05) is 6.61 Å². The fourth-order valence-corrected chi connectivity index (χ4v) is 3.64. The van der Waals surface area contributed by atoms with Crippen LogP contribution >= 0.6 is 0 Å².